The summed E-state index contributed by atoms with van der Waals surface area (Å²) in [6, 6.07) is 68.0. The Morgan fingerprint density at radius 1 is 0.343 bits per heavy atom. The van der Waals surface area contributed by atoms with Gasteiger partial charge in [0.15, 0.2) is 9.84 Å². The molecular weight excluding hydrogens is 1500 g/mol. The van der Waals surface area contributed by atoms with E-state index in [9.17, 15) is 55.4 Å². The Bertz CT molecular complexity index is 6170. The highest BCUT2D eigenvalue weighted by Crippen LogP contribution is 2.37. The van der Waals surface area contributed by atoms with Gasteiger partial charge >= 0.3 is 0 Å². The molecule has 108 heavy (non-hydrogen) atoms. The summed E-state index contributed by atoms with van der Waals surface area (Å²) in [6.07, 6.45) is 1.52. The van der Waals surface area contributed by atoms with Crippen molar-refractivity contribution < 1.29 is 69.1 Å². The first-order chi connectivity index (χ1) is 50.3. The van der Waals surface area contributed by atoms with Gasteiger partial charge in [-0.25, -0.2) is 12.6 Å². The molecule has 13 aromatic carbocycles. The molecule has 0 aliphatic rings. The molecule has 0 heterocycles. The molecule has 0 aliphatic heterocycles. The van der Waals surface area contributed by atoms with Gasteiger partial charge in [-0.3, -0.25) is 18.2 Å². The van der Waals surface area contributed by atoms with Crippen LogP contribution in [0.1, 0.15) is 24.1 Å². The smallest absolute Gasteiger partial charge is 0.295 e. The fraction of sp³-hybridized carbons (Fsp3) is 0.0533. The van der Waals surface area contributed by atoms with Crippen LogP contribution >= 0.6 is 0 Å². The van der Waals surface area contributed by atoms with E-state index in [-0.39, 0.29) is 44.1 Å². The molecule has 13 rings (SSSR count). The van der Waals surface area contributed by atoms with Crippen molar-refractivity contribution >= 4 is 166 Å². The molecule has 0 aliphatic carbocycles. The van der Waals surface area contributed by atoms with Crippen LogP contribution in [0.4, 0.5) is 56.9 Å². The van der Waals surface area contributed by atoms with Gasteiger partial charge in [0.1, 0.15) is 14.7 Å². The Hall–Kier alpha value is -11.6. The Labute approximate surface area is 623 Å². The van der Waals surface area contributed by atoms with Crippen LogP contribution in [0.15, 0.2) is 299 Å². The lowest BCUT2D eigenvalue weighted by Gasteiger charge is -2.08. The second-order valence-electron chi connectivity index (χ2n) is 23.6. The summed E-state index contributed by atoms with van der Waals surface area (Å²) < 4.78 is 170. The van der Waals surface area contributed by atoms with E-state index in [0.29, 0.717) is 111 Å². The van der Waals surface area contributed by atoms with Crippen molar-refractivity contribution in [2.75, 3.05) is 40.7 Å². The molecule has 0 aromatic heterocycles. The zero-order valence-corrected chi connectivity index (χ0v) is 61.2. The van der Waals surface area contributed by atoms with Crippen molar-refractivity contribution in [2.24, 2.45) is 26.2 Å². The summed E-state index contributed by atoms with van der Waals surface area (Å²) in [5.74, 6) is 3.18. The lowest BCUT2D eigenvalue weighted by Crippen LogP contribution is -2.06. The maximum atomic E-state index is 12.0. The lowest BCUT2D eigenvalue weighted by atomic mass is 10.0. The van der Waals surface area contributed by atoms with Gasteiger partial charge < -0.3 is 44.7 Å². The van der Waals surface area contributed by atoms with Crippen LogP contribution in [-0.2, 0) is 73.1 Å². The molecule has 0 spiro atoms. The van der Waals surface area contributed by atoms with Crippen LogP contribution in [0, 0.1) is 0 Å². The van der Waals surface area contributed by atoms with Crippen LogP contribution < -0.4 is 40.1 Å². The van der Waals surface area contributed by atoms with Crippen LogP contribution in [0.3, 0.4) is 0 Å². The topological polar surface area (TPSA) is 520 Å². The third-order valence-electron chi connectivity index (χ3n) is 16.0. The number of fused-ring (bicyclic) bond motifs is 4. The summed E-state index contributed by atoms with van der Waals surface area (Å²) in [6.45, 7) is 0.253. The number of azo groups is 2. The maximum absolute atomic E-state index is 12.0. The SMILES string of the molecule is C.C=S(=O)(O)c1ccccc1CN.CS(=O)(=O)c1ccc2c(N=Nc3ccc(-c4ccc(N=Nc5ccc(N)c6cc(S(=O)(=O)O)ccc56)cc4)cc3)ccc(N)c2c1.Nc1ccc(Cc2ccc(N)cc2S(=O)(=O)O)cc1.Nc1ccc(S(=O)(=O)O)c2ccccc12.Nc1cccc2ccc(S(=O)(=O)O)cc12. The maximum Gasteiger partial charge on any atom is 0.295 e. The minimum atomic E-state index is -4.38. The van der Waals surface area contributed by atoms with E-state index in [1.54, 1.807) is 140 Å². The third kappa shape index (κ3) is 21.1. The highest BCUT2D eigenvalue weighted by molar-refractivity contribution is 7.95. The van der Waals surface area contributed by atoms with Gasteiger partial charge in [0.2, 0.25) is 0 Å². The molecular formula is C75H73N11O16S6. The fourth-order valence-electron chi connectivity index (χ4n) is 10.6. The van der Waals surface area contributed by atoms with Crippen molar-refractivity contribution in [3.05, 3.63) is 265 Å². The van der Waals surface area contributed by atoms with E-state index in [4.69, 9.17) is 53.8 Å². The average molecular weight is 1580 g/mol. The van der Waals surface area contributed by atoms with Gasteiger partial charge in [-0.2, -0.15) is 43.9 Å². The molecule has 13 aromatic rings. The summed E-state index contributed by atoms with van der Waals surface area (Å²) >= 11 is 0. The van der Waals surface area contributed by atoms with Crippen LogP contribution in [0.5, 0.6) is 0 Å². The Morgan fingerprint density at radius 2 is 0.787 bits per heavy atom. The van der Waals surface area contributed by atoms with Gasteiger partial charge in [-0.05, 0) is 179 Å². The fourth-order valence-corrected chi connectivity index (χ4v) is 14.6. The van der Waals surface area contributed by atoms with Gasteiger partial charge in [0.25, 0.3) is 40.5 Å². The summed E-state index contributed by atoms with van der Waals surface area (Å²) in [5, 5.41) is 22.2. The molecule has 1 atom stereocenters. The standard InChI is InChI=1S/C33H26N6O5S2.C13H14N2O3S.2C10H9NO3S.C8H11NO2S.CH4/c1-45(40,41)24-10-12-26-28(18-24)30(34)14-16-32(26)38-36-22-6-2-20(3-7-22)21-4-8-23(9-5-21)37-39-33-17-15-31(35)29-19-25(46(42,43)44)11-13-27(29)33;14-11-4-1-9(2-5-11)7-10-3-6-12(15)8-13(10)19(16,17)18;11-10-3-1-2-7-4-5-8(6-9(7)10)15(12,13)14;11-9-5-6-10(15(12,13)14)8-4-2-1-3-7(8)9;1-12(10,11)8-5-3-2-4-7(8)6-9;/h2-19H,34-35H2,1H3,(H,42,43,44);1-6,8H,7,14-15H2,(H,16,17,18);2*1-6H,11H2,(H,12,13,14);2-5H,1,6,9H2,(H,10,11);1H4. The Kier molecular flexibility index (Phi) is 25.8. The zero-order chi connectivity index (χ0) is 78.0. The van der Waals surface area contributed by atoms with Crippen molar-refractivity contribution in [3.8, 4) is 11.1 Å². The number of hydrogen-bond donors (Lipinski definition) is 12. The largest absolute Gasteiger partial charge is 0.399 e. The van der Waals surface area contributed by atoms with Crippen molar-refractivity contribution in [1.82, 2.24) is 0 Å². The number of sulfone groups is 1. The van der Waals surface area contributed by atoms with Crippen molar-refractivity contribution in [2.45, 2.75) is 49.8 Å². The van der Waals surface area contributed by atoms with Gasteiger partial charge in [-0.1, -0.05) is 123 Å². The molecule has 0 fully saturated rings. The minimum Gasteiger partial charge on any atom is -0.399 e. The normalized spacial score (nSPS) is 12.3. The molecule has 19 N–H and O–H groups in total. The summed E-state index contributed by atoms with van der Waals surface area (Å²) in [5.41, 5.74) is 49.0. The zero-order valence-electron chi connectivity index (χ0n) is 56.3. The molecule has 27 nitrogen and oxygen atoms in total. The second-order valence-corrected chi connectivity index (χ2v) is 33.0. The number of nitrogens with zero attached hydrogens (tertiary/aromatic N) is 4. The van der Waals surface area contributed by atoms with Gasteiger partial charge in [0, 0.05) is 84.6 Å². The summed E-state index contributed by atoms with van der Waals surface area (Å²) in [4.78, 5) is -0.173. The van der Waals surface area contributed by atoms with Crippen LogP contribution in [-0.4, -0.2) is 81.2 Å². The predicted molar refractivity (Wildman–Crippen MR) is 428 cm³/mol. The van der Waals surface area contributed by atoms with E-state index >= 15 is 0 Å². The van der Waals surface area contributed by atoms with Gasteiger partial charge in [0.05, 0.1) is 47.2 Å². The first-order valence-corrected chi connectivity index (χ1v) is 40.5. The quantitative estimate of drug-likeness (QED) is 0.0208. The molecule has 1 unspecified atom stereocenters. The molecule has 0 saturated carbocycles. The average Bonchev–Trinajstić information content (AvgIpc) is 0.800. The first kappa shape index (κ1) is 82.1. The molecule has 33 heteroatoms. The number of nitrogen functional groups attached to an aromatic ring is 6. The van der Waals surface area contributed by atoms with E-state index in [0.717, 1.165) is 28.3 Å². The van der Waals surface area contributed by atoms with Crippen LogP contribution in [0.2, 0.25) is 0 Å². The van der Waals surface area contributed by atoms with E-state index in [1.807, 2.05) is 54.6 Å². The van der Waals surface area contributed by atoms with E-state index in [2.05, 4.69) is 26.3 Å². The number of hydrogen-bond acceptors (Lipinski definition) is 22. The minimum absolute atomic E-state index is 0. The summed E-state index contributed by atoms with van der Waals surface area (Å²) in [7, 11) is -23.5. The highest BCUT2D eigenvalue weighted by atomic mass is 32.2. The van der Waals surface area contributed by atoms with Crippen molar-refractivity contribution in [3.63, 3.8) is 0 Å². The predicted octanol–water partition coefficient (Wildman–Crippen LogP) is 14.7. The number of rotatable bonds is 14. The molecule has 560 valence electrons. The number of anilines is 6. The second kappa shape index (κ2) is 33.9. The van der Waals surface area contributed by atoms with Crippen LogP contribution in [0.25, 0.3) is 54.2 Å². The monoisotopic (exact) mass is 1580 g/mol. The highest BCUT2D eigenvalue weighted by Gasteiger charge is 2.19. The molecule has 0 saturated heterocycles. The Balaban J connectivity index is 0.000000194. The lowest BCUT2D eigenvalue weighted by molar-refractivity contribution is 0.480. The van der Waals surface area contributed by atoms with E-state index < -0.39 is 60.1 Å². The Morgan fingerprint density at radius 3 is 1.28 bits per heavy atom. The third-order valence-corrected chi connectivity index (χ3v) is 21.7. The van der Waals surface area contributed by atoms with Crippen molar-refractivity contribution in [1.29, 1.82) is 0 Å². The first-order valence-electron chi connectivity index (χ1n) is 31.2. The number of benzene rings is 13. The van der Waals surface area contributed by atoms with E-state index in [1.165, 1.54) is 54.6 Å². The molecule has 0 bridgehead atoms. The number of nitrogens with two attached hydrogens (primary N) is 7. The molecule has 0 amide bonds. The molecule has 0 radical (unpaired) electrons. The van der Waals surface area contributed by atoms with Gasteiger partial charge in [-0.15, -0.1) is 10.2 Å².